The molecule has 1 aliphatic heterocycles. The lowest BCUT2D eigenvalue weighted by molar-refractivity contribution is -0.141. The average molecular weight is 296 g/mol. The van der Waals surface area contributed by atoms with Gasteiger partial charge in [0.05, 0.1) is 5.92 Å². The number of carbonyl (C=O) groups is 2. The van der Waals surface area contributed by atoms with E-state index in [1.807, 2.05) is 4.90 Å². The Bertz CT molecular complexity index is 374. The van der Waals surface area contributed by atoms with E-state index in [9.17, 15) is 9.59 Å². The van der Waals surface area contributed by atoms with Crippen LogP contribution >= 0.6 is 0 Å². The van der Waals surface area contributed by atoms with E-state index in [0.29, 0.717) is 18.9 Å². The van der Waals surface area contributed by atoms with Crippen molar-refractivity contribution in [2.45, 2.75) is 52.0 Å². The number of carboxylic acid groups (broad SMARTS) is 1. The Kier molecular flexibility index (Phi) is 5.62. The highest BCUT2D eigenvalue weighted by Gasteiger charge is 2.37. The molecule has 5 nitrogen and oxygen atoms in total. The molecular formula is C16H28N2O3. The van der Waals surface area contributed by atoms with Crippen molar-refractivity contribution in [3.63, 3.8) is 0 Å². The van der Waals surface area contributed by atoms with Gasteiger partial charge >= 0.3 is 5.97 Å². The maximum absolute atomic E-state index is 12.5. The first-order valence-electron chi connectivity index (χ1n) is 8.32. The first-order valence-corrected chi connectivity index (χ1v) is 8.32. The van der Waals surface area contributed by atoms with Crippen LogP contribution in [0.3, 0.4) is 0 Å². The molecule has 0 radical (unpaired) electrons. The van der Waals surface area contributed by atoms with Gasteiger partial charge in [0, 0.05) is 25.0 Å². The van der Waals surface area contributed by atoms with Crippen LogP contribution < -0.4 is 0 Å². The molecular weight excluding hydrogens is 268 g/mol. The number of carboxylic acids is 1. The molecule has 0 aromatic carbocycles. The molecule has 5 heteroatoms. The lowest BCUT2D eigenvalue weighted by Crippen LogP contribution is -2.48. The van der Waals surface area contributed by atoms with Gasteiger partial charge in [-0.3, -0.25) is 9.59 Å². The van der Waals surface area contributed by atoms with Crippen molar-refractivity contribution in [1.82, 2.24) is 9.80 Å². The number of nitrogens with zero attached hydrogens (tertiary/aromatic N) is 2. The molecule has 1 N–H and O–H groups in total. The van der Waals surface area contributed by atoms with Gasteiger partial charge in [-0.1, -0.05) is 13.8 Å². The third kappa shape index (κ3) is 3.76. The minimum Gasteiger partial charge on any atom is -0.481 e. The number of rotatable bonds is 5. The average Bonchev–Trinajstić information content (AvgIpc) is 2.98. The molecule has 2 atom stereocenters. The predicted octanol–water partition coefficient (Wildman–Crippen LogP) is 1.82. The van der Waals surface area contributed by atoms with Crippen LogP contribution in [0.15, 0.2) is 0 Å². The van der Waals surface area contributed by atoms with Gasteiger partial charge in [0.1, 0.15) is 0 Å². The van der Waals surface area contributed by atoms with E-state index >= 15 is 0 Å². The lowest BCUT2D eigenvalue weighted by Gasteiger charge is -2.38. The third-order valence-corrected chi connectivity index (χ3v) is 5.24. The maximum Gasteiger partial charge on any atom is 0.306 e. The molecule has 1 amide bonds. The fraction of sp³-hybridized carbons (Fsp3) is 0.875. The van der Waals surface area contributed by atoms with Gasteiger partial charge in [-0.15, -0.1) is 0 Å². The fourth-order valence-corrected chi connectivity index (χ4v) is 3.88. The smallest absolute Gasteiger partial charge is 0.306 e. The number of piperidine rings is 1. The molecule has 0 aromatic rings. The highest BCUT2D eigenvalue weighted by Crippen LogP contribution is 2.33. The van der Waals surface area contributed by atoms with Gasteiger partial charge in [0.2, 0.25) is 5.91 Å². The molecule has 120 valence electrons. The van der Waals surface area contributed by atoms with Gasteiger partial charge in [-0.05, 0) is 45.2 Å². The van der Waals surface area contributed by atoms with Crippen LogP contribution in [0.5, 0.6) is 0 Å². The first-order chi connectivity index (χ1) is 10.1. The zero-order chi connectivity index (χ0) is 15.4. The van der Waals surface area contributed by atoms with Crippen LogP contribution in [-0.4, -0.2) is 59.0 Å². The highest BCUT2D eigenvalue weighted by molar-refractivity contribution is 5.81. The van der Waals surface area contributed by atoms with E-state index in [-0.39, 0.29) is 17.7 Å². The quantitative estimate of drug-likeness (QED) is 0.840. The minimum atomic E-state index is -0.745. The number of carbonyl (C=O) groups excluding carboxylic acids is 1. The molecule has 1 saturated heterocycles. The van der Waals surface area contributed by atoms with Crippen molar-refractivity contribution < 1.29 is 14.7 Å². The van der Waals surface area contributed by atoms with Gasteiger partial charge in [-0.25, -0.2) is 0 Å². The number of hydrogen-bond acceptors (Lipinski definition) is 3. The first kappa shape index (κ1) is 16.3. The summed E-state index contributed by atoms with van der Waals surface area (Å²) in [4.78, 5) is 27.9. The second kappa shape index (κ2) is 7.25. The Labute approximate surface area is 127 Å². The van der Waals surface area contributed by atoms with Crippen LogP contribution in [0.2, 0.25) is 0 Å². The molecule has 2 aliphatic rings. The summed E-state index contributed by atoms with van der Waals surface area (Å²) < 4.78 is 0. The lowest BCUT2D eigenvalue weighted by atomic mass is 9.99. The molecule has 1 heterocycles. The van der Waals surface area contributed by atoms with Gasteiger partial charge in [-0.2, -0.15) is 0 Å². The molecule has 2 unspecified atom stereocenters. The number of aliphatic carboxylic acids is 1. The third-order valence-electron chi connectivity index (χ3n) is 5.24. The minimum absolute atomic E-state index is 0.0592. The van der Waals surface area contributed by atoms with E-state index in [2.05, 4.69) is 18.7 Å². The molecule has 21 heavy (non-hydrogen) atoms. The molecule has 1 aliphatic carbocycles. The molecule has 0 bridgehead atoms. The molecule has 2 rings (SSSR count). The molecule has 1 saturated carbocycles. The van der Waals surface area contributed by atoms with Crippen LogP contribution in [0.25, 0.3) is 0 Å². The number of hydrogen-bond donors (Lipinski definition) is 1. The number of amides is 1. The fourth-order valence-electron chi connectivity index (χ4n) is 3.88. The monoisotopic (exact) mass is 296 g/mol. The molecule has 0 spiro atoms. The Morgan fingerprint density at radius 3 is 2.10 bits per heavy atom. The summed E-state index contributed by atoms with van der Waals surface area (Å²) in [7, 11) is 0. The van der Waals surface area contributed by atoms with E-state index in [1.54, 1.807) is 0 Å². The van der Waals surface area contributed by atoms with Crippen LogP contribution in [0.1, 0.15) is 46.0 Å². The Balaban J connectivity index is 1.82. The largest absolute Gasteiger partial charge is 0.481 e. The van der Waals surface area contributed by atoms with E-state index in [0.717, 1.165) is 45.4 Å². The van der Waals surface area contributed by atoms with Crippen molar-refractivity contribution >= 4 is 11.9 Å². The second-order valence-electron chi connectivity index (χ2n) is 6.32. The predicted molar refractivity (Wildman–Crippen MR) is 81.0 cm³/mol. The van der Waals surface area contributed by atoms with Gasteiger partial charge < -0.3 is 14.9 Å². The molecule has 0 aromatic heterocycles. The van der Waals surface area contributed by atoms with Crippen LogP contribution in [0.4, 0.5) is 0 Å². The zero-order valence-electron chi connectivity index (χ0n) is 13.3. The summed E-state index contributed by atoms with van der Waals surface area (Å²) >= 11 is 0. The topological polar surface area (TPSA) is 60.9 Å². The summed E-state index contributed by atoms with van der Waals surface area (Å²) in [5, 5.41) is 9.04. The van der Waals surface area contributed by atoms with E-state index in [1.165, 1.54) is 0 Å². The summed E-state index contributed by atoms with van der Waals surface area (Å²) in [6, 6.07) is 0.597. The Morgan fingerprint density at radius 1 is 1.05 bits per heavy atom. The van der Waals surface area contributed by atoms with E-state index < -0.39 is 5.97 Å². The van der Waals surface area contributed by atoms with Gasteiger partial charge in [0.25, 0.3) is 0 Å². The van der Waals surface area contributed by atoms with Crippen molar-refractivity contribution in [2.24, 2.45) is 11.8 Å². The van der Waals surface area contributed by atoms with Crippen LogP contribution in [0, 0.1) is 11.8 Å². The molecule has 2 fully saturated rings. The van der Waals surface area contributed by atoms with Crippen molar-refractivity contribution in [3.8, 4) is 0 Å². The zero-order valence-corrected chi connectivity index (χ0v) is 13.3. The van der Waals surface area contributed by atoms with Crippen molar-refractivity contribution in [1.29, 1.82) is 0 Å². The van der Waals surface area contributed by atoms with Crippen molar-refractivity contribution in [2.75, 3.05) is 26.2 Å². The highest BCUT2D eigenvalue weighted by atomic mass is 16.4. The SMILES string of the molecule is CCN(CC)C1CCN(C(=O)C2CCC(C(=O)O)C2)CC1. The summed E-state index contributed by atoms with van der Waals surface area (Å²) in [6.07, 6.45) is 4.02. The maximum atomic E-state index is 12.5. The number of likely N-dealkylation sites (tertiary alicyclic amines) is 1. The summed E-state index contributed by atoms with van der Waals surface area (Å²) in [5.74, 6) is -0.925. The summed E-state index contributed by atoms with van der Waals surface area (Å²) in [5.41, 5.74) is 0. The standard InChI is InChI=1S/C16H28N2O3/c1-3-17(4-2)14-7-9-18(10-8-14)15(19)12-5-6-13(11-12)16(20)21/h12-14H,3-11H2,1-2H3,(H,20,21). The normalized spacial score (nSPS) is 27.3. The van der Waals surface area contributed by atoms with E-state index in [4.69, 9.17) is 5.11 Å². The van der Waals surface area contributed by atoms with Crippen molar-refractivity contribution in [3.05, 3.63) is 0 Å². The van der Waals surface area contributed by atoms with Crippen LogP contribution in [-0.2, 0) is 9.59 Å². The second-order valence-corrected chi connectivity index (χ2v) is 6.32. The Hall–Kier alpha value is -1.10. The van der Waals surface area contributed by atoms with Gasteiger partial charge in [0.15, 0.2) is 0 Å². The Morgan fingerprint density at radius 2 is 1.62 bits per heavy atom. The summed E-state index contributed by atoms with van der Waals surface area (Å²) in [6.45, 7) is 8.16.